The average Bonchev–Trinajstić information content (AvgIpc) is 2.42. The molecule has 0 aliphatic heterocycles. The number of benzene rings is 2. The third kappa shape index (κ3) is 3.38. The van der Waals surface area contributed by atoms with E-state index in [1.54, 1.807) is 6.07 Å². The fraction of sp³-hybridized carbons (Fsp3) is 0.250. The van der Waals surface area contributed by atoms with Crippen molar-refractivity contribution >= 4 is 15.9 Å². The van der Waals surface area contributed by atoms with Crippen LogP contribution in [0.4, 0.5) is 4.39 Å². The van der Waals surface area contributed by atoms with Gasteiger partial charge in [0.25, 0.3) is 0 Å². The highest BCUT2D eigenvalue weighted by molar-refractivity contribution is 9.10. The third-order valence-electron chi connectivity index (χ3n) is 2.99. The van der Waals surface area contributed by atoms with Crippen LogP contribution < -0.4 is 4.74 Å². The maximum Gasteiger partial charge on any atom is 0.166 e. The SMILES string of the molecule is CC(C)c1cc(Br)ccc1Oc1ccc(CO)cc1F. The third-order valence-corrected chi connectivity index (χ3v) is 3.49. The van der Waals surface area contributed by atoms with E-state index < -0.39 is 5.82 Å². The molecular weight excluding hydrogens is 323 g/mol. The molecule has 0 saturated heterocycles. The molecule has 2 nitrogen and oxygen atoms in total. The van der Waals surface area contributed by atoms with E-state index in [1.807, 2.05) is 18.2 Å². The molecule has 0 aliphatic carbocycles. The van der Waals surface area contributed by atoms with Crippen molar-refractivity contribution < 1.29 is 14.2 Å². The van der Waals surface area contributed by atoms with Crippen LogP contribution in [-0.2, 0) is 6.61 Å². The molecule has 2 aromatic rings. The average molecular weight is 339 g/mol. The van der Waals surface area contributed by atoms with Crippen molar-refractivity contribution in [3.05, 3.63) is 57.8 Å². The van der Waals surface area contributed by atoms with E-state index >= 15 is 0 Å². The van der Waals surface area contributed by atoms with Crippen LogP contribution in [0.5, 0.6) is 11.5 Å². The van der Waals surface area contributed by atoms with Gasteiger partial charge in [-0.1, -0.05) is 35.8 Å². The maximum atomic E-state index is 13.9. The molecule has 1 N–H and O–H groups in total. The summed E-state index contributed by atoms with van der Waals surface area (Å²) in [6.45, 7) is 3.92. The van der Waals surface area contributed by atoms with Gasteiger partial charge in [0.2, 0.25) is 0 Å². The molecule has 0 saturated carbocycles. The molecule has 0 spiro atoms. The van der Waals surface area contributed by atoms with Gasteiger partial charge in [0, 0.05) is 4.47 Å². The molecule has 2 rings (SSSR count). The van der Waals surface area contributed by atoms with Crippen molar-refractivity contribution in [3.63, 3.8) is 0 Å². The van der Waals surface area contributed by atoms with E-state index in [-0.39, 0.29) is 18.3 Å². The zero-order chi connectivity index (χ0) is 14.7. The van der Waals surface area contributed by atoms with Gasteiger partial charge in [-0.3, -0.25) is 0 Å². The zero-order valence-electron chi connectivity index (χ0n) is 11.4. The summed E-state index contributed by atoms with van der Waals surface area (Å²) < 4.78 is 20.5. The molecule has 20 heavy (non-hydrogen) atoms. The highest BCUT2D eigenvalue weighted by Gasteiger charge is 2.12. The van der Waals surface area contributed by atoms with Gasteiger partial charge in [-0.05, 0) is 47.4 Å². The second kappa shape index (κ2) is 6.37. The molecule has 4 heteroatoms. The minimum Gasteiger partial charge on any atom is -0.454 e. The van der Waals surface area contributed by atoms with Gasteiger partial charge in [0.1, 0.15) is 5.75 Å². The number of halogens is 2. The van der Waals surface area contributed by atoms with Gasteiger partial charge in [0.05, 0.1) is 6.61 Å². The quantitative estimate of drug-likeness (QED) is 0.850. The number of ether oxygens (including phenoxy) is 1. The Balaban J connectivity index is 2.35. The van der Waals surface area contributed by atoms with Crippen molar-refractivity contribution in [1.82, 2.24) is 0 Å². The summed E-state index contributed by atoms with van der Waals surface area (Å²) in [5.41, 5.74) is 1.53. The number of hydrogen-bond donors (Lipinski definition) is 1. The molecular formula is C16H16BrFO2. The van der Waals surface area contributed by atoms with Crippen LogP contribution in [0.3, 0.4) is 0 Å². The Labute approximate surface area is 126 Å². The molecule has 0 heterocycles. The number of aliphatic hydroxyl groups excluding tert-OH is 1. The monoisotopic (exact) mass is 338 g/mol. The van der Waals surface area contributed by atoms with E-state index in [2.05, 4.69) is 29.8 Å². The lowest BCUT2D eigenvalue weighted by Crippen LogP contribution is -1.96. The van der Waals surface area contributed by atoms with E-state index in [9.17, 15) is 4.39 Å². The van der Waals surface area contributed by atoms with Crippen molar-refractivity contribution in [2.24, 2.45) is 0 Å². The van der Waals surface area contributed by atoms with E-state index in [4.69, 9.17) is 9.84 Å². The molecule has 0 aliphatic rings. The van der Waals surface area contributed by atoms with Crippen molar-refractivity contribution in [2.45, 2.75) is 26.4 Å². The summed E-state index contributed by atoms with van der Waals surface area (Å²) in [5, 5.41) is 8.98. The first kappa shape index (κ1) is 15.0. The lowest BCUT2D eigenvalue weighted by Gasteiger charge is -2.15. The number of aliphatic hydroxyl groups is 1. The Morgan fingerprint density at radius 3 is 2.45 bits per heavy atom. The Hall–Kier alpha value is -1.39. The molecule has 0 unspecified atom stereocenters. The van der Waals surface area contributed by atoms with Gasteiger partial charge < -0.3 is 9.84 Å². The second-order valence-corrected chi connectivity index (χ2v) is 5.78. The summed E-state index contributed by atoms with van der Waals surface area (Å²) in [7, 11) is 0. The van der Waals surface area contributed by atoms with E-state index in [1.165, 1.54) is 12.1 Å². The lowest BCUT2D eigenvalue weighted by atomic mass is 10.0. The van der Waals surface area contributed by atoms with Crippen LogP contribution in [0.2, 0.25) is 0 Å². The summed E-state index contributed by atoms with van der Waals surface area (Å²) in [5.74, 6) is 0.585. The maximum absolute atomic E-state index is 13.9. The largest absolute Gasteiger partial charge is 0.454 e. The van der Waals surface area contributed by atoms with Crippen LogP contribution >= 0.6 is 15.9 Å². The Bertz CT molecular complexity index is 611. The molecule has 0 aromatic heterocycles. The van der Waals surface area contributed by atoms with Gasteiger partial charge >= 0.3 is 0 Å². The molecule has 0 atom stereocenters. The second-order valence-electron chi connectivity index (χ2n) is 4.86. The molecule has 0 amide bonds. The van der Waals surface area contributed by atoms with Gasteiger partial charge in [0.15, 0.2) is 11.6 Å². The minimum atomic E-state index is -0.478. The standard InChI is InChI=1S/C16H16BrFO2/c1-10(2)13-8-12(17)4-6-15(13)20-16-5-3-11(9-19)7-14(16)18/h3-8,10,19H,9H2,1-2H3. The topological polar surface area (TPSA) is 29.5 Å². The van der Waals surface area contributed by atoms with Crippen molar-refractivity contribution in [3.8, 4) is 11.5 Å². The predicted molar refractivity (Wildman–Crippen MR) is 80.6 cm³/mol. The summed E-state index contributed by atoms with van der Waals surface area (Å²) in [6.07, 6.45) is 0. The predicted octanol–water partition coefficient (Wildman–Crippen LogP) is 5.00. The lowest BCUT2D eigenvalue weighted by molar-refractivity contribution is 0.281. The molecule has 106 valence electrons. The van der Waals surface area contributed by atoms with Crippen molar-refractivity contribution in [1.29, 1.82) is 0 Å². The Morgan fingerprint density at radius 2 is 1.85 bits per heavy atom. The highest BCUT2D eigenvalue weighted by Crippen LogP contribution is 2.34. The summed E-state index contributed by atoms with van der Waals surface area (Å²) in [4.78, 5) is 0. The highest BCUT2D eigenvalue weighted by atomic mass is 79.9. The fourth-order valence-corrected chi connectivity index (χ4v) is 2.29. The summed E-state index contributed by atoms with van der Waals surface area (Å²) >= 11 is 3.43. The van der Waals surface area contributed by atoms with Crippen molar-refractivity contribution in [2.75, 3.05) is 0 Å². The van der Waals surface area contributed by atoms with Crippen LogP contribution in [0.1, 0.15) is 30.9 Å². The minimum absolute atomic E-state index is 0.159. The number of hydrogen-bond acceptors (Lipinski definition) is 2. The fourth-order valence-electron chi connectivity index (χ4n) is 1.91. The smallest absolute Gasteiger partial charge is 0.166 e. The Morgan fingerprint density at radius 1 is 1.15 bits per heavy atom. The molecule has 2 aromatic carbocycles. The molecule has 0 radical (unpaired) electrons. The first-order chi connectivity index (χ1) is 9.51. The first-order valence-electron chi connectivity index (χ1n) is 6.38. The van der Waals surface area contributed by atoms with E-state index in [0.29, 0.717) is 11.3 Å². The van der Waals surface area contributed by atoms with Gasteiger partial charge in [-0.2, -0.15) is 0 Å². The van der Waals surface area contributed by atoms with E-state index in [0.717, 1.165) is 10.0 Å². The van der Waals surface area contributed by atoms with Gasteiger partial charge in [-0.15, -0.1) is 0 Å². The zero-order valence-corrected chi connectivity index (χ0v) is 12.9. The van der Waals surface area contributed by atoms with Crippen LogP contribution in [-0.4, -0.2) is 5.11 Å². The van der Waals surface area contributed by atoms with Crippen LogP contribution in [0.25, 0.3) is 0 Å². The normalized spacial score (nSPS) is 10.9. The van der Waals surface area contributed by atoms with Gasteiger partial charge in [-0.25, -0.2) is 4.39 Å². The number of rotatable bonds is 4. The molecule has 0 fully saturated rings. The Kier molecular flexibility index (Phi) is 4.78. The van der Waals surface area contributed by atoms with Crippen LogP contribution in [0.15, 0.2) is 40.9 Å². The molecule has 0 bridgehead atoms. The first-order valence-corrected chi connectivity index (χ1v) is 7.17. The van der Waals surface area contributed by atoms with Crippen LogP contribution in [0, 0.1) is 5.82 Å². The summed E-state index contributed by atoms with van der Waals surface area (Å²) in [6, 6.07) is 10.1.